The van der Waals surface area contributed by atoms with Crippen LogP contribution in [0.5, 0.6) is 0 Å². The molecule has 0 aliphatic carbocycles. The Morgan fingerprint density at radius 3 is 2.31 bits per heavy atom. The average molecular weight is 424 g/mol. The van der Waals surface area contributed by atoms with E-state index in [1.165, 1.54) is 11.1 Å². The number of nitrogens with zero attached hydrogens (tertiary/aromatic N) is 1. The second-order valence-corrected chi connectivity index (χ2v) is 7.51. The summed E-state index contributed by atoms with van der Waals surface area (Å²) in [5.74, 6) is 0.273. The van der Waals surface area contributed by atoms with Crippen LogP contribution in [0.4, 0.5) is 0 Å². The summed E-state index contributed by atoms with van der Waals surface area (Å²) < 4.78 is 0. The van der Waals surface area contributed by atoms with Gasteiger partial charge in [0, 0.05) is 17.7 Å². The Kier molecular flexibility index (Phi) is 12.8. The van der Waals surface area contributed by atoms with E-state index in [9.17, 15) is 0 Å². The van der Waals surface area contributed by atoms with Crippen molar-refractivity contribution in [3.63, 3.8) is 0 Å². The van der Waals surface area contributed by atoms with Gasteiger partial charge in [0.25, 0.3) is 0 Å². The van der Waals surface area contributed by atoms with E-state index in [2.05, 4.69) is 94.2 Å². The van der Waals surface area contributed by atoms with Gasteiger partial charge < -0.3 is 0 Å². The van der Waals surface area contributed by atoms with Gasteiger partial charge in [-0.15, -0.1) is 0 Å². The number of hydrogen-bond donors (Lipinski definition) is 0. The first kappa shape index (κ1) is 26.6. The maximum absolute atomic E-state index is 4.63. The predicted molar refractivity (Wildman–Crippen MR) is 145 cm³/mol. The Bertz CT molecular complexity index is 943. The maximum atomic E-state index is 4.63. The zero-order valence-electron chi connectivity index (χ0n) is 19.8. The van der Waals surface area contributed by atoms with E-state index in [4.69, 9.17) is 0 Å². The van der Waals surface area contributed by atoms with Crippen LogP contribution in [-0.4, -0.2) is 4.98 Å². The Morgan fingerprint density at radius 2 is 1.72 bits per heavy atom. The third kappa shape index (κ3) is 9.57. The third-order valence-corrected chi connectivity index (χ3v) is 5.04. The highest BCUT2D eigenvalue weighted by Crippen LogP contribution is 2.24. The molecule has 0 radical (unpaired) electrons. The van der Waals surface area contributed by atoms with Crippen LogP contribution in [0.1, 0.15) is 50.3 Å². The van der Waals surface area contributed by atoms with Crippen molar-refractivity contribution in [3.8, 4) is 0 Å². The second kappa shape index (κ2) is 15.4. The molecule has 166 valence electrons. The van der Waals surface area contributed by atoms with Crippen LogP contribution in [0.25, 0.3) is 5.57 Å². The number of rotatable bonds is 14. The molecule has 0 aromatic carbocycles. The van der Waals surface area contributed by atoms with Gasteiger partial charge in [-0.25, -0.2) is 0 Å². The Labute approximate surface area is 195 Å². The zero-order valence-corrected chi connectivity index (χ0v) is 19.8. The van der Waals surface area contributed by atoms with E-state index in [1.54, 1.807) is 12.2 Å². The van der Waals surface area contributed by atoms with Gasteiger partial charge in [0.1, 0.15) is 0 Å². The molecular formula is C31H37N. The molecule has 0 spiro atoms. The molecule has 0 aliphatic rings. The zero-order chi connectivity index (χ0) is 23.8. The van der Waals surface area contributed by atoms with Gasteiger partial charge in [-0.2, -0.15) is 0 Å². The Morgan fingerprint density at radius 1 is 1.00 bits per heavy atom. The number of hydrogen-bond acceptors (Lipinski definition) is 1. The molecule has 1 rings (SSSR count). The fourth-order valence-electron chi connectivity index (χ4n) is 2.95. The number of allylic oxidation sites excluding steroid dienone is 15. The monoisotopic (exact) mass is 423 g/mol. The lowest BCUT2D eigenvalue weighted by molar-refractivity contribution is 0.941. The molecule has 1 nitrogen and oxygen atoms in total. The van der Waals surface area contributed by atoms with Crippen molar-refractivity contribution in [1.29, 1.82) is 0 Å². The van der Waals surface area contributed by atoms with Crippen LogP contribution < -0.4 is 0 Å². The Hall–Kier alpha value is -3.45. The molecule has 1 unspecified atom stereocenters. The third-order valence-electron chi connectivity index (χ3n) is 5.04. The van der Waals surface area contributed by atoms with E-state index in [0.29, 0.717) is 0 Å². The minimum atomic E-state index is 0.273. The molecule has 1 aromatic heterocycles. The van der Waals surface area contributed by atoms with E-state index in [1.807, 2.05) is 30.5 Å². The van der Waals surface area contributed by atoms with E-state index in [-0.39, 0.29) is 5.92 Å². The highest BCUT2D eigenvalue weighted by molar-refractivity contribution is 5.80. The lowest BCUT2D eigenvalue weighted by Crippen LogP contribution is -1.95. The van der Waals surface area contributed by atoms with E-state index >= 15 is 0 Å². The minimum absolute atomic E-state index is 0.273. The molecule has 0 saturated heterocycles. The topological polar surface area (TPSA) is 12.9 Å². The summed E-state index contributed by atoms with van der Waals surface area (Å²) in [6.45, 7) is 23.7. The lowest BCUT2D eigenvalue weighted by Gasteiger charge is -2.10. The van der Waals surface area contributed by atoms with Crippen molar-refractivity contribution in [3.05, 3.63) is 146 Å². The first-order chi connectivity index (χ1) is 15.5. The maximum Gasteiger partial charge on any atom is 0.0707 e. The van der Waals surface area contributed by atoms with Gasteiger partial charge in [0.2, 0.25) is 0 Å². The molecular weight excluding hydrogens is 386 g/mol. The molecule has 1 aromatic rings. The average Bonchev–Trinajstić information content (AvgIpc) is 2.81. The van der Waals surface area contributed by atoms with Crippen LogP contribution in [-0.2, 0) is 0 Å². The van der Waals surface area contributed by atoms with Crippen LogP contribution in [0.15, 0.2) is 135 Å². The summed E-state index contributed by atoms with van der Waals surface area (Å²) in [5.41, 5.74) is 6.26. The summed E-state index contributed by atoms with van der Waals surface area (Å²) in [6.07, 6.45) is 26.8. The molecule has 0 amide bonds. The quantitative estimate of drug-likeness (QED) is 0.215. The smallest absolute Gasteiger partial charge is 0.0707 e. The van der Waals surface area contributed by atoms with Gasteiger partial charge in [-0.3, -0.25) is 4.98 Å². The van der Waals surface area contributed by atoms with Gasteiger partial charge in [0.15, 0.2) is 0 Å². The number of aromatic nitrogens is 1. The molecule has 1 heterocycles. The minimum Gasteiger partial charge on any atom is -0.256 e. The van der Waals surface area contributed by atoms with Crippen LogP contribution in [0.3, 0.4) is 0 Å². The Balaban J connectivity index is 2.76. The van der Waals surface area contributed by atoms with Crippen LogP contribution in [0, 0.1) is 0 Å². The molecule has 1 atom stereocenters. The number of pyridine rings is 1. The van der Waals surface area contributed by atoms with Crippen molar-refractivity contribution in [2.24, 2.45) is 0 Å². The van der Waals surface area contributed by atoms with Gasteiger partial charge >= 0.3 is 0 Å². The normalized spacial score (nSPS) is 13.6. The summed E-state index contributed by atoms with van der Waals surface area (Å²) in [6, 6.07) is 4.14. The molecule has 0 bridgehead atoms. The molecule has 0 N–H and O–H groups in total. The first-order valence-corrected chi connectivity index (χ1v) is 11.1. The van der Waals surface area contributed by atoms with Crippen molar-refractivity contribution in [2.75, 3.05) is 0 Å². The van der Waals surface area contributed by atoms with Gasteiger partial charge in [0.05, 0.1) is 5.69 Å². The van der Waals surface area contributed by atoms with Crippen LogP contribution >= 0.6 is 0 Å². The largest absolute Gasteiger partial charge is 0.256 e. The molecule has 0 saturated carbocycles. The molecule has 32 heavy (non-hydrogen) atoms. The first-order valence-electron chi connectivity index (χ1n) is 11.1. The second-order valence-electron chi connectivity index (χ2n) is 7.51. The summed E-state index contributed by atoms with van der Waals surface area (Å²) in [5, 5.41) is 0. The van der Waals surface area contributed by atoms with Gasteiger partial charge in [-0.05, 0) is 36.5 Å². The van der Waals surface area contributed by atoms with Crippen LogP contribution in [0.2, 0.25) is 0 Å². The highest BCUT2D eigenvalue weighted by Gasteiger charge is 2.07. The predicted octanol–water partition coefficient (Wildman–Crippen LogP) is 9.02. The highest BCUT2D eigenvalue weighted by atomic mass is 14.7. The fourth-order valence-corrected chi connectivity index (χ4v) is 2.95. The van der Waals surface area contributed by atoms with Crippen molar-refractivity contribution in [2.45, 2.75) is 39.0 Å². The van der Waals surface area contributed by atoms with E-state index < -0.39 is 0 Å². The fraction of sp³-hybridized carbons (Fsp3) is 0.194. The van der Waals surface area contributed by atoms with Gasteiger partial charge in [-0.1, -0.05) is 131 Å². The molecule has 0 fully saturated rings. The standard InChI is InChI=1S/C31H37N/c1-8-16-28(20-14-12-13-18-25(5)10-3)21-15-19-27(7)29-22-23-31(32-24-29)30(17-9-2)26(6)11-4/h8-9,11-19,22-24,27H,1-2,4-6,10,20-21H2,3,7H3/b14-12-,18-13-,19-15-,28-16+,30-17+. The SMILES string of the molecule is C=C/C=C(\C/C=C\C=C/C(=C)CC)C/C=C\C(C)c1ccc(/C(=C/C=C)C(=C)C=C)nc1. The van der Waals surface area contributed by atoms with Crippen molar-refractivity contribution in [1.82, 2.24) is 4.98 Å². The summed E-state index contributed by atoms with van der Waals surface area (Å²) in [4.78, 5) is 4.63. The summed E-state index contributed by atoms with van der Waals surface area (Å²) >= 11 is 0. The summed E-state index contributed by atoms with van der Waals surface area (Å²) in [7, 11) is 0. The molecule has 0 aliphatic heterocycles. The molecule has 1 heteroatoms. The van der Waals surface area contributed by atoms with Crippen molar-refractivity contribution < 1.29 is 0 Å². The lowest BCUT2D eigenvalue weighted by atomic mass is 9.98. The van der Waals surface area contributed by atoms with E-state index in [0.717, 1.165) is 41.7 Å². The van der Waals surface area contributed by atoms with Crippen molar-refractivity contribution >= 4 is 5.57 Å².